The molecular formula is C10H14N2O3. The van der Waals surface area contributed by atoms with E-state index < -0.39 is 0 Å². The van der Waals surface area contributed by atoms with Crippen molar-refractivity contribution in [1.29, 1.82) is 0 Å². The van der Waals surface area contributed by atoms with Crippen LogP contribution in [0.15, 0.2) is 18.2 Å². The Bertz CT molecular complexity index is 341. The normalized spacial score (nSPS) is 9.53. The highest BCUT2D eigenvalue weighted by molar-refractivity contribution is 5.80. The number of carbonyl (C=O) groups is 1. The Morgan fingerprint density at radius 3 is 2.67 bits per heavy atom. The molecule has 1 N–H and O–H groups in total. The summed E-state index contributed by atoms with van der Waals surface area (Å²) in [4.78, 5) is 16.9. The van der Waals surface area contributed by atoms with Gasteiger partial charge in [-0.25, -0.2) is 0 Å². The van der Waals surface area contributed by atoms with Crippen molar-refractivity contribution in [1.82, 2.24) is 0 Å². The summed E-state index contributed by atoms with van der Waals surface area (Å²) < 4.78 is 5.13. The molecule has 0 heterocycles. The Morgan fingerprint density at radius 1 is 1.40 bits per heavy atom. The van der Waals surface area contributed by atoms with Gasteiger partial charge in [0, 0.05) is 7.05 Å². The average Bonchev–Trinajstić information content (AvgIpc) is 2.28. The lowest BCUT2D eigenvalue weighted by molar-refractivity contribution is -0.107. The molecule has 0 radical (unpaired) electrons. The van der Waals surface area contributed by atoms with Gasteiger partial charge in [0.2, 0.25) is 6.41 Å². The highest BCUT2D eigenvalue weighted by atomic mass is 16.6. The van der Waals surface area contributed by atoms with E-state index in [4.69, 9.17) is 9.57 Å². The second kappa shape index (κ2) is 5.21. The Hall–Kier alpha value is -1.75. The predicted molar refractivity (Wildman–Crippen MR) is 58.1 cm³/mol. The van der Waals surface area contributed by atoms with Crippen LogP contribution in [0.2, 0.25) is 0 Å². The van der Waals surface area contributed by atoms with E-state index in [2.05, 4.69) is 5.48 Å². The molecular weight excluding hydrogens is 196 g/mol. The van der Waals surface area contributed by atoms with Crippen molar-refractivity contribution in [2.45, 2.75) is 0 Å². The smallest absolute Gasteiger partial charge is 0.213 e. The topological polar surface area (TPSA) is 50.8 Å². The molecule has 15 heavy (non-hydrogen) atoms. The first-order valence-electron chi connectivity index (χ1n) is 4.38. The minimum Gasteiger partial charge on any atom is -0.495 e. The van der Waals surface area contributed by atoms with E-state index in [1.807, 2.05) is 0 Å². The number of hydrogen-bond donors (Lipinski definition) is 1. The molecule has 0 fully saturated rings. The highest BCUT2D eigenvalue weighted by Crippen LogP contribution is 2.29. The molecule has 0 aliphatic heterocycles. The maximum absolute atomic E-state index is 10.7. The second-order valence-corrected chi connectivity index (χ2v) is 2.91. The number of ether oxygens (including phenoxy) is 1. The van der Waals surface area contributed by atoms with Gasteiger partial charge in [0.05, 0.1) is 25.6 Å². The zero-order chi connectivity index (χ0) is 11.3. The molecule has 0 atom stereocenters. The minimum atomic E-state index is 0.631. The van der Waals surface area contributed by atoms with Crippen LogP contribution in [0.25, 0.3) is 0 Å². The molecule has 1 rings (SSSR count). The van der Waals surface area contributed by atoms with Crippen LogP contribution in [-0.2, 0) is 9.63 Å². The zero-order valence-corrected chi connectivity index (χ0v) is 8.98. The number of carbonyl (C=O) groups excluding carboxylic acids is 1. The van der Waals surface area contributed by atoms with Gasteiger partial charge in [-0.2, -0.15) is 0 Å². The van der Waals surface area contributed by atoms with Crippen LogP contribution in [0, 0.1) is 0 Å². The fraction of sp³-hybridized carbons (Fsp3) is 0.300. The molecule has 0 saturated heterocycles. The van der Waals surface area contributed by atoms with Crippen molar-refractivity contribution < 1.29 is 14.4 Å². The molecule has 1 aromatic carbocycles. The first-order valence-corrected chi connectivity index (χ1v) is 4.38. The van der Waals surface area contributed by atoms with Crippen molar-refractivity contribution in [3.05, 3.63) is 18.2 Å². The second-order valence-electron chi connectivity index (χ2n) is 2.91. The van der Waals surface area contributed by atoms with E-state index in [1.165, 1.54) is 12.0 Å². The molecule has 0 saturated carbocycles. The molecule has 0 aromatic heterocycles. The van der Waals surface area contributed by atoms with Gasteiger partial charge >= 0.3 is 0 Å². The van der Waals surface area contributed by atoms with Gasteiger partial charge in [0.25, 0.3) is 0 Å². The summed E-state index contributed by atoms with van der Waals surface area (Å²) >= 11 is 0. The molecule has 1 amide bonds. The number of anilines is 2. The molecule has 0 spiro atoms. The Labute approximate surface area is 88.5 Å². The quantitative estimate of drug-likeness (QED) is 0.587. The van der Waals surface area contributed by atoms with Gasteiger partial charge in [-0.1, -0.05) is 0 Å². The van der Waals surface area contributed by atoms with Gasteiger partial charge in [0.15, 0.2) is 0 Å². The summed E-state index contributed by atoms with van der Waals surface area (Å²) in [5.74, 6) is 0.631. The Kier molecular flexibility index (Phi) is 3.93. The van der Waals surface area contributed by atoms with Crippen molar-refractivity contribution in [3.8, 4) is 5.75 Å². The largest absolute Gasteiger partial charge is 0.495 e. The van der Waals surface area contributed by atoms with Crippen molar-refractivity contribution in [2.75, 3.05) is 31.6 Å². The van der Waals surface area contributed by atoms with Gasteiger partial charge < -0.3 is 9.64 Å². The number of rotatable bonds is 5. The van der Waals surface area contributed by atoms with Gasteiger partial charge in [-0.05, 0) is 18.2 Å². The maximum Gasteiger partial charge on any atom is 0.213 e. The lowest BCUT2D eigenvalue weighted by atomic mass is 10.2. The lowest BCUT2D eigenvalue weighted by Gasteiger charge is -2.16. The third-order valence-electron chi connectivity index (χ3n) is 1.94. The van der Waals surface area contributed by atoms with Crippen LogP contribution in [0.4, 0.5) is 11.4 Å². The van der Waals surface area contributed by atoms with Crippen LogP contribution in [-0.4, -0.2) is 27.7 Å². The molecule has 0 bridgehead atoms. The fourth-order valence-electron chi connectivity index (χ4n) is 1.20. The van der Waals surface area contributed by atoms with Crippen LogP contribution in [0.5, 0.6) is 5.75 Å². The zero-order valence-electron chi connectivity index (χ0n) is 8.98. The molecule has 0 aliphatic rings. The monoisotopic (exact) mass is 210 g/mol. The Morgan fingerprint density at radius 2 is 2.13 bits per heavy atom. The number of nitrogens with one attached hydrogen (secondary N) is 1. The summed E-state index contributed by atoms with van der Waals surface area (Å²) in [7, 11) is 4.73. The minimum absolute atomic E-state index is 0.631. The SMILES string of the molecule is CONc1ccc(OC)c(N(C)C=O)c1. The third kappa shape index (κ3) is 2.60. The van der Waals surface area contributed by atoms with E-state index in [1.54, 1.807) is 32.4 Å². The molecule has 5 heteroatoms. The van der Waals surface area contributed by atoms with Crippen LogP contribution in [0.1, 0.15) is 0 Å². The number of hydrogen-bond acceptors (Lipinski definition) is 4. The van der Waals surface area contributed by atoms with E-state index in [0.29, 0.717) is 17.8 Å². The number of nitrogens with zero attached hydrogens (tertiary/aromatic N) is 1. The van der Waals surface area contributed by atoms with E-state index >= 15 is 0 Å². The number of amides is 1. The van der Waals surface area contributed by atoms with Crippen molar-refractivity contribution in [3.63, 3.8) is 0 Å². The molecule has 0 aliphatic carbocycles. The molecule has 0 unspecified atom stereocenters. The Balaban J connectivity index is 3.06. The van der Waals surface area contributed by atoms with Gasteiger partial charge in [-0.3, -0.25) is 15.1 Å². The maximum atomic E-state index is 10.7. The summed E-state index contributed by atoms with van der Waals surface area (Å²) in [5, 5.41) is 0. The first-order chi connectivity index (χ1) is 7.22. The fourth-order valence-corrected chi connectivity index (χ4v) is 1.20. The molecule has 5 nitrogen and oxygen atoms in total. The standard InChI is InChI=1S/C10H14N2O3/c1-12(7-13)9-6-8(11-15-3)4-5-10(9)14-2/h4-7,11H,1-3H3. The number of methoxy groups -OCH3 is 1. The average molecular weight is 210 g/mol. The number of benzene rings is 1. The third-order valence-corrected chi connectivity index (χ3v) is 1.94. The van der Waals surface area contributed by atoms with Gasteiger partial charge in [0.1, 0.15) is 5.75 Å². The van der Waals surface area contributed by atoms with Crippen LogP contribution in [0.3, 0.4) is 0 Å². The summed E-state index contributed by atoms with van der Waals surface area (Å²) in [6.45, 7) is 0. The molecule has 1 aromatic rings. The lowest BCUT2D eigenvalue weighted by Crippen LogP contribution is -2.15. The van der Waals surface area contributed by atoms with Crippen molar-refractivity contribution in [2.24, 2.45) is 0 Å². The van der Waals surface area contributed by atoms with E-state index in [0.717, 1.165) is 5.69 Å². The predicted octanol–water partition coefficient (Wildman–Crippen LogP) is 1.26. The van der Waals surface area contributed by atoms with Crippen molar-refractivity contribution >= 4 is 17.8 Å². The summed E-state index contributed by atoms with van der Waals surface area (Å²) in [6.07, 6.45) is 0.717. The summed E-state index contributed by atoms with van der Waals surface area (Å²) in [6, 6.07) is 5.32. The molecule has 82 valence electrons. The summed E-state index contributed by atoms with van der Waals surface area (Å²) in [5.41, 5.74) is 4.11. The first kappa shape index (κ1) is 11.3. The highest BCUT2D eigenvalue weighted by Gasteiger charge is 2.08. The van der Waals surface area contributed by atoms with E-state index in [-0.39, 0.29) is 0 Å². The van der Waals surface area contributed by atoms with E-state index in [9.17, 15) is 4.79 Å². The van der Waals surface area contributed by atoms with Crippen LogP contribution < -0.4 is 15.1 Å². The van der Waals surface area contributed by atoms with Gasteiger partial charge in [-0.15, -0.1) is 0 Å². The van der Waals surface area contributed by atoms with Crippen LogP contribution >= 0.6 is 0 Å².